The van der Waals surface area contributed by atoms with Gasteiger partial charge in [0, 0.05) is 7.05 Å². The summed E-state index contributed by atoms with van der Waals surface area (Å²) in [5, 5.41) is 0.448. The Morgan fingerprint density at radius 1 is 1.89 bits per heavy atom. The number of rotatable bonds is 0. The highest BCUT2D eigenvalue weighted by atomic mass is 35.5. The smallest absolute Gasteiger partial charge is 0.211 e. The number of halogens is 1. The quantitative estimate of drug-likeness (QED) is 0.429. The predicted molar refractivity (Wildman–Crippen MR) is 40.9 cm³/mol. The summed E-state index contributed by atoms with van der Waals surface area (Å²) < 4.78 is 4.54. The lowest BCUT2D eigenvalue weighted by Crippen LogP contribution is -2.24. The Morgan fingerprint density at radius 2 is 2.56 bits per heavy atom. The van der Waals surface area contributed by atoms with Crippen molar-refractivity contribution < 1.29 is 0 Å². The molecule has 0 aromatic carbocycles. The average molecular weight is 164 g/mol. The third-order valence-electron chi connectivity index (χ3n) is 0.787. The van der Waals surface area contributed by atoms with Gasteiger partial charge in [-0.05, 0) is 11.6 Å². The molecule has 0 atom stereocenters. The Labute approximate surface area is 63.0 Å². The molecule has 0 aliphatic carbocycles. The van der Waals surface area contributed by atoms with Gasteiger partial charge in [0.05, 0.1) is 12.1 Å². The first-order valence-corrected chi connectivity index (χ1v) is 3.45. The van der Waals surface area contributed by atoms with E-state index in [0.29, 0.717) is 11.1 Å². The van der Waals surface area contributed by atoms with E-state index < -0.39 is 0 Å². The van der Waals surface area contributed by atoms with E-state index in [1.54, 1.807) is 4.31 Å². The van der Waals surface area contributed by atoms with Gasteiger partial charge in [0.25, 0.3) is 0 Å². The zero-order valence-corrected chi connectivity index (χ0v) is 6.46. The second-order valence-corrected chi connectivity index (χ2v) is 2.79. The summed E-state index contributed by atoms with van der Waals surface area (Å²) in [5.41, 5.74) is 0. The zero-order valence-electron chi connectivity index (χ0n) is 4.89. The van der Waals surface area contributed by atoms with Crippen LogP contribution in [0.25, 0.3) is 0 Å². The lowest BCUT2D eigenvalue weighted by molar-refractivity contribution is 0.824. The Kier molecular flexibility index (Phi) is 1.87. The molecule has 1 rings (SSSR count). The molecule has 0 saturated heterocycles. The van der Waals surface area contributed by atoms with Crippen molar-refractivity contribution in [2.24, 2.45) is 4.99 Å². The molecule has 0 radical (unpaired) electrons. The van der Waals surface area contributed by atoms with E-state index >= 15 is 0 Å². The van der Waals surface area contributed by atoms with Gasteiger partial charge < -0.3 is 0 Å². The molecule has 1 heterocycles. The van der Waals surface area contributed by atoms with Gasteiger partial charge in [0.1, 0.15) is 5.82 Å². The molecule has 0 spiro atoms. The van der Waals surface area contributed by atoms with Gasteiger partial charge >= 0.3 is 0 Å². The molecule has 0 amide bonds. The van der Waals surface area contributed by atoms with Gasteiger partial charge in [0.15, 0.2) is 0 Å². The lowest BCUT2D eigenvalue weighted by Gasteiger charge is -2.20. The Morgan fingerprint density at radius 3 is 3.00 bits per heavy atom. The number of nitrogens with zero attached hydrogens (tertiary/aromatic N) is 2. The van der Waals surface area contributed by atoms with E-state index in [1.807, 2.05) is 7.05 Å². The van der Waals surface area contributed by atoms with Gasteiger partial charge in [-0.15, -0.1) is 0 Å². The molecule has 0 unspecified atom stereocenters. The fourth-order valence-electron chi connectivity index (χ4n) is 0.363. The van der Waals surface area contributed by atoms with Crippen LogP contribution >= 0.6 is 23.7 Å². The molecule has 0 bridgehead atoms. The molecule has 0 saturated carbocycles. The highest BCUT2D eigenvalue weighted by Gasteiger charge is 2.09. The lowest BCUT2D eigenvalue weighted by atomic mass is 10.8. The molecule has 1 N–H and O–H groups in total. The van der Waals surface area contributed by atoms with Crippen LogP contribution in [0, 0.1) is 0 Å². The minimum atomic E-state index is 0.448. The molecular formula is C4H6ClN3S. The first-order chi connectivity index (χ1) is 4.20. The summed E-state index contributed by atoms with van der Waals surface area (Å²) in [6.45, 7) is 3.57. The Balaban J connectivity index is 2.72. The maximum absolute atomic E-state index is 5.62. The van der Waals surface area contributed by atoms with Crippen LogP contribution in [0.5, 0.6) is 0 Å². The average Bonchev–Trinajstić information content (AvgIpc) is 1.80. The molecule has 1 aliphatic rings. The van der Waals surface area contributed by atoms with Crippen LogP contribution in [0.3, 0.4) is 0 Å². The second kappa shape index (κ2) is 2.49. The van der Waals surface area contributed by atoms with Crippen LogP contribution < -0.4 is 4.72 Å². The largest absolute Gasteiger partial charge is 0.297 e. The minimum Gasteiger partial charge on any atom is -0.297 e. The predicted octanol–water partition coefficient (Wildman–Crippen LogP) is 1.15. The molecule has 0 aromatic rings. The fourth-order valence-corrected chi connectivity index (χ4v) is 0.973. The maximum Gasteiger partial charge on any atom is 0.211 e. The molecule has 9 heavy (non-hydrogen) atoms. The summed E-state index contributed by atoms with van der Waals surface area (Å²) in [4.78, 5) is 3.85. The Bertz CT molecular complexity index is 167. The summed E-state index contributed by atoms with van der Waals surface area (Å²) in [5.74, 6) is 0.586. The summed E-state index contributed by atoms with van der Waals surface area (Å²) in [6.07, 6.45) is 0. The van der Waals surface area contributed by atoms with Crippen molar-refractivity contribution >= 4 is 29.0 Å². The topological polar surface area (TPSA) is 27.6 Å². The highest BCUT2D eigenvalue weighted by molar-refractivity contribution is 7.95. The molecule has 0 aromatic heterocycles. The molecule has 3 nitrogen and oxygen atoms in total. The SMILES string of the molecule is C=C1N=C(Cl)N(C)SN1. The normalized spacial score (nSPS) is 19.1. The van der Waals surface area contributed by atoms with Crippen molar-refractivity contribution in [3.63, 3.8) is 0 Å². The Hall–Kier alpha value is -0.350. The first-order valence-electron chi connectivity index (χ1n) is 2.30. The van der Waals surface area contributed by atoms with Crippen LogP contribution in [-0.2, 0) is 0 Å². The van der Waals surface area contributed by atoms with Crippen molar-refractivity contribution in [1.29, 1.82) is 0 Å². The third-order valence-corrected chi connectivity index (χ3v) is 2.00. The van der Waals surface area contributed by atoms with Gasteiger partial charge in [-0.25, -0.2) is 4.99 Å². The standard InChI is InChI=1S/C4H6ClN3S/c1-3-6-4(5)8(2)9-7-3/h7H,1H2,2H3. The van der Waals surface area contributed by atoms with Gasteiger partial charge in [-0.3, -0.25) is 9.03 Å². The fraction of sp³-hybridized carbons (Fsp3) is 0.250. The van der Waals surface area contributed by atoms with Crippen LogP contribution in [0.1, 0.15) is 0 Å². The van der Waals surface area contributed by atoms with E-state index in [0.717, 1.165) is 0 Å². The monoisotopic (exact) mass is 163 g/mol. The van der Waals surface area contributed by atoms with Crippen molar-refractivity contribution in [1.82, 2.24) is 9.03 Å². The number of amidine groups is 1. The van der Waals surface area contributed by atoms with Crippen molar-refractivity contribution in [3.8, 4) is 0 Å². The van der Waals surface area contributed by atoms with E-state index in [-0.39, 0.29) is 0 Å². The molecule has 5 heteroatoms. The van der Waals surface area contributed by atoms with Crippen molar-refractivity contribution in [2.45, 2.75) is 0 Å². The highest BCUT2D eigenvalue weighted by Crippen LogP contribution is 2.14. The van der Waals surface area contributed by atoms with Crippen LogP contribution in [-0.4, -0.2) is 16.6 Å². The van der Waals surface area contributed by atoms with Gasteiger partial charge in [-0.2, -0.15) is 0 Å². The van der Waals surface area contributed by atoms with E-state index in [1.165, 1.54) is 12.1 Å². The van der Waals surface area contributed by atoms with Crippen LogP contribution in [0.2, 0.25) is 0 Å². The van der Waals surface area contributed by atoms with E-state index in [4.69, 9.17) is 11.6 Å². The molecule has 50 valence electrons. The zero-order chi connectivity index (χ0) is 6.85. The number of aliphatic imine (C=N–C) groups is 1. The molecule has 1 aliphatic heterocycles. The first kappa shape index (κ1) is 6.77. The van der Waals surface area contributed by atoms with Crippen LogP contribution in [0.15, 0.2) is 17.4 Å². The summed E-state index contributed by atoms with van der Waals surface area (Å²) in [7, 11) is 1.82. The molecular weight excluding hydrogens is 158 g/mol. The van der Waals surface area contributed by atoms with Crippen LogP contribution in [0.4, 0.5) is 0 Å². The van der Waals surface area contributed by atoms with E-state index in [2.05, 4.69) is 16.3 Å². The second-order valence-electron chi connectivity index (χ2n) is 1.52. The van der Waals surface area contributed by atoms with E-state index in [9.17, 15) is 0 Å². The maximum atomic E-state index is 5.62. The van der Waals surface area contributed by atoms with Crippen molar-refractivity contribution in [2.75, 3.05) is 7.05 Å². The summed E-state index contributed by atoms with van der Waals surface area (Å²) in [6, 6.07) is 0. The summed E-state index contributed by atoms with van der Waals surface area (Å²) >= 11 is 6.97. The number of hydrogen-bond donors (Lipinski definition) is 1. The van der Waals surface area contributed by atoms with Crippen molar-refractivity contribution in [3.05, 3.63) is 12.4 Å². The third kappa shape index (κ3) is 1.53. The van der Waals surface area contributed by atoms with Gasteiger partial charge in [0.2, 0.25) is 5.29 Å². The minimum absolute atomic E-state index is 0.448. The van der Waals surface area contributed by atoms with Gasteiger partial charge in [-0.1, -0.05) is 6.58 Å². The number of nitrogens with one attached hydrogen (secondary N) is 1. The molecule has 0 fully saturated rings. The number of hydrogen-bond acceptors (Lipinski definition) is 4.